The Bertz CT molecular complexity index is 347. The van der Waals surface area contributed by atoms with Crippen LogP contribution in [0.1, 0.15) is 18.6 Å². The zero-order chi connectivity index (χ0) is 9.26. The second kappa shape index (κ2) is 3.43. The lowest BCUT2D eigenvalue weighted by molar-refractivity contribution is 0.542. The molecule has 0 radical (unpaired) electrons. The van der Waals surface area contributed by atoms with Crippen molar-refractivity contribution in [1.29, 1.82) is 5.26 Å². The number of nitriles is 1. The minimum absolute atomic E-state index is 0.369. The number of halogens is 1. The smallest absolute Gasteiger partial charge is 0.211 e. The van der Waals surface area contributed by atoms with Crippen LogP contribution in [0.5, 0.6) is 0 Å². The standard InChI is InChI=1S/C9H9BrN2O/c10-8-5-7(6-11)13-9(8)12-3-1-2-4-12/h5H,1-4H2. The minimum atomic E-state index is 0.369. The highest BCUT2D eigenvalue weighted by Crippen LogP contribution is 2.31. The zero-order valence-corrected chi connectivity index (χ0v) is 8.67. The normalized spacial score (nSPS) is 16.2. The lowest BCUT2D eigenvalue weighted by atomic mass is 10.4. The van der Waals surface area contributed by atoms with Gasteiger partial charge in [0.1, 0.15) is 6.07 Å². The van der Waals surface area contributed by atoms with Crippen molar-refractivity contribution in [2.24, 2.45) is 0 Å². The van der Waals surface area contributed by atoms with E-state index in [0.29, 0.717) is 5.76 Å². The van der Waals surface area contributed by atoms with Crippen molar-refractivity contribution in [2.75, 3.05) is 18.0 Å². The number of furan rings is 1. The molecule has 0 aromatic carbocycles. The molecular formula is C9H9BrN2O. The fourth-order valence-corrected chi connectivity index (χ4v) is 2.09. The van der Waals surface area contributed by atoms with Crippen LogP contribution in [0.3, 0.4) is 0 Å². The molecule has 4 heteroatoms. The Kier molecular flexibility index (Phi) is 2.28. The number of hydrogen-bond acceptors (Lipinski definition) is 3. The van der Waals surface area contributed by atoms with Gasteiger partial charge in [0.15, 0.2) is 0 Å². The van der Waals surface area contributed by atoms with E-state index in [1.54, 1.807) is 6.07 Å². The second-order valence-corrected chi connectivity index (χ2v) is 3.92. The first-order chi connectivity index (χ1) is 6.31. The molecule has 0 aliphatic carbocycles. The molecule has 0 atom stereocenters. The quantitative estimate of drug-likeness (QED) is 0.758. The number of nitrogens with zero attached hydrogens (tertiary/aromatic N) is 2. The summed E-state index contributed by atoms with van der Waals surface area (Å²) in [6, 6.07) is 3.70. The van der Waals surface area contributed by atoms with Crippen molar-refractivity contribution in [1.82, 2.24) is 0 Å². The van der Waals surface area contributed by atoms with Gasteiger partial charge in [-0.25, -0.2) is 0 Å². The molecule has 68 valence electrons. The first-order valence-electron chi connectivity index (χ1n) is 4.25. The molecule has 0 bridgehead atoms. The molecule has 0 N–H and O–H groups in total. The van der Waals surface area contributed by atoms with E-state index in [0.717, 1.165) is 23.4 Å². The van der Waals surface area contributed by atoms with E-state index in [1.807, 2.05) is 6.07 Å². The maximum atomic E-state index is 8.64. The molecule has 0 amide bonds. The molecule has 1 aliphatic heterocycles. The molecule has 2 rings (SSSR count). The van der Waals surface area contributed by atoms with Gasteiger partial charge >= 0.3 is 0 Å². The summed E-state index contributed by atoms with van der Waals surface area (Å²) in [5, 5.41) is 8.64. The summed E-state index contributed by atoms with van der Waals surface area (Å²) in [6.07, 6.45) is 2.41. The van der Waals surface area contributed by atoms with Gasteiger partial charge < -0.3 is 9.32 Å². The highest BCUT2D eigenvalue weighted by molar-refractivity contribution is 9.10. The Hall–Kier alpha value is -0.950. The van der Waals surface area contributed by atoms with Crippen molar-refractivity contribution >= 4 is 21.8 Å². The minimum Gasteiger partial charge on any atom is -0.429 e. The molecule has 3 nitrogen and oxygen atoms in total. The van der Waals surface area contributed by atoms with Crippen LogP contribution >= 0.6 is 15.9 Å². The van der Waals surface area contributed by atoms with Crippen molar-refractivity contribution in [3.8, 4) is 6.07 Å². The van der Waals surface area contributed by atoms with E-state index >= 15 is 0 Å². The third-order valence-corrected chi connectivity index (χ3v) is 2.74. The van der Waals surface area contributed by atoms with E-state index in [2.05, 4.69) is 20.8 Å². The van der Waals surface area contributed by atoms with Gasteiger partial charge in [-0.2, -0.15) is 5.26 Å². The highest BCUT2D eigenvalue weighted by Gasteiger charge is 2.19. The van der Waals surface area contributed by atoms with Crippen LogP contribution < -0.4 is 4.90 Å². The lowest BCUT2D eigenvalue weighted by Crippen LogP contribution is -2.17. The molecule has 0 unspecified atom stereocenters. The summed E-state index contributed by atoms with van der Waals surface area (Å²) in [6.45, 7) is 2.05. The first-order valence-corrected chi connectivity index (χ1v) is 5.05. The first kappa shape index (κ1) is 8.64. The molecule has 1 aliphatic rings. The molecule has 1 fully saturated rings. The SMILES string of the molecule is N#Cc1cc(Br)c(N2CCCC2)o1. The molecule has 2 heterocycles. The Labute approximate surface area is 85.1 Å². The van der Waals surface area contributed by atoms with E-state index in [1.165, 1.54) is 12.8 Å². The van der Waals surface area contributed by atoms with Crippen molar-refractivity contribution < 1.29 is 4.42 Å². The van der Waals surface area contributed by atoms with Crippen LogP contribution in [0.25, 0.3) is 0 Å². The summed E-state index contributed by atoms with van der Waals surface area (Å²) < 4.78 is 6.25. The Morgan fingerprint density at radius 2 is 2.15 bits per heavy atom. The molecular weight excluding hydrogens is 232 g/mol. The third-order valence-electron chi connectivity index (χ3n) is 2.17. The second-order valence-electron chi connectivity index (χ2n) is 3.07. The van der Waals surface area contributed by atoms with Gasteiger partial charge in [0.2, 0.25) is 11.6 Å². The van der Waals surface area contributed by atoms with Crippen LogP contribution in [-0.2, 0) is 0 Å². The number of anilines is 1. The molecule has 0 saturated carbocycles. The predicted octanol–water partition coefficient (Wildman–Crippen LogP) is 2.51. The fourth-order valence-electron chi connectivity index (χ4n) is 1.55. The Morgan fingerprint density at radius 1 is 1.46 bits per heavy atom. The average Bonchev–Trinajstić information content (AvgIpc) is 2.72. The summed E-state index contributed by atoms with van der Waals surface area (Å²) in [4.78, 5) is 2.16. The van der Waals surface area contributed by atoms with E-state index in [4.69, 9.17) is 9.68 Å². The molecule has 0 spiro atoms. The van der Waals surface area contributed by atoms with Crippen molar-refractivity contribution in [3.63, 3.8) is 0 Å². The van der Waals surface area contributed by atoms with Crippen LogP contribution in [0, 0.1) is 11.3 Å². The molecule has 13 heavy (non-hydrogen) atoms. The highest BCUT2D eigenvalue weighted by atomic mass is 79.9. The molecule has 1 aromatic heterocycles. The maximum absolute atomic E-state index is 8.64. The van der Waals surface area contributed by atoms with Crippen molar-refractivity contribution in [2.45, 2.75) is 12.8 Å². The van der Waals surface area contributed by atoms with Gasteiger partial charge in [-0.05, 0) is 28.8 Å². The number of rotatable bonds is 1. The summed E-state index contributed by atoms with van der Waals surface area (Å²) >= 11 is 3.38. The lowest BCUT2D eigenvalue weighted by Gasteiger charge is -2.13. The van der Waals surface area contributed by atoms with Crippen LogP contribution in [-0.4, -0.2) is 13.1 Å². The van der Waals surface area contributed by atoms with Gasteiger partial charge in [0, 0.05) is 19.2 Å². The third kappa shape index (κ3) is 1.56. The Morgan fingerprint density at radius 3 is 2.69 bits per heavy atom. The van der Waals surface area contributed by atoms with E-state index in [-0.39, 0.29) is 0 Å². The molecule has 1 aromatic rings. The zero-order valence-electron chi connectivity index (χ0n) is 7.09. The summed E-state index contributed by atoms with van der Waals surface area (Å²) in [7, 11) is 0. The van der Waals surface area contributed by atoms with Crippen LogP contribution in [0.4, 0.5) is 5.88 Å². The molecule has 1 saturated heterocycles. The average molecular weight is 241 g/mol. The fraction of sp³-hybridized carbons (Fsp3) is 0.444. The Balaban J connectivity index is 2.29. The van der Waals surface area contributed by atoms with Gasteiger partial charge in [-0.3, -0.25) is 0 Å². The van der Waals surface area contributed by atoms with Gasteiger partial charge in [-0.1, -0.05) is 0 Å². The largest absolute Gasteiger partial charge is 0.429 e. The number of hydrogen-bond donors (Lipinski definition) is 0. The van der Waals surface area contributed by atoms with Crippen LogP contribution in [0.2, 0.25) is 0 Å². The van der Waals surface area contributed by atoms with Gasteiger partial charge in [0.05, 0.1) is 4.47 Å². The van der Waals surface area contributed by atoms with E-state index < -0.39 is 0 Å². The van der Waals surface area contributed by atoms with Gasteiger partial charge in [0.25, 0.3) is 0 Å². The van der Waals surface area contributed by atoms with Crippen molar-refractivity contribution in [3.05, 3.63) is 16.3 Å². The van der Waals surface area contributed by atoms with Crippen LogP contribution in [0.15, 0.2) is 15.0 Å². The summed E-state index contributed by atoms with van der Waals surface area (Å²) in [5.74, 6) is 1.17. The monoisotopic (exact) mass is 240 g/mol. The maximum Gasteiger partial charge on any atom is 0.211 e. The predicted molar refractivity (Wildman–Crippen MR) is 52.6 cm³/mol. The summed E-state index contributed by atoms with van der Waals surface area (Å²) in [5.41, 5.74) is 0. The topological polar surface area (TPSA) is 40.2 Å². The van der Waals surface area contributed by atoms with E-state index in [9.17, 15) is 0 Å². The van der Waals surface area contributed by atoms with Gasteiger partial charge in [-0.15, -0.1) is 0 Å².